The van der Waals surface area contributed by atoms with Crippen LogP contribution in [0, 0.1) is 0 Å². The number of nitrogens with zero attached hydrogens (tertiary/aromatic N) is 1. The summed E-state index contributed by atoms with van der Waals surface area (Å²) >= 11 is 18.3. The topological polar surface area (TPSA) is 15.3 Å². The second-order valence-corrected chi connectivity index (χ2v) is 5.46. The van der Waals surface area contributed by atoms with E-state index in [4.69, 9.17) is 34.8 Å². The number of likely N-dealkylation sites (N-methyl/N-ethyl adjacent to an activating group) is 1. The van der Waals surface area contributed by atoms with Gasteiger partial charge in [0.05, 0.1) is 15.7 Å². The number of halogens is 3. The summed E-state index contributed by atoms with van der Waals surface area (Å²) in [6, 6.07) is 4.00. The predicted octanol–water partition coefficient (Wildman–Crippen LogP) is 3.84. The van der Waals surface area contributed by atoms with Crippen LogP contribution in [-0.4, -0.2) is 25.7 Å². The normalized spacial score (nSPS) is 20.0. The van der Waals surface area contributed by atoms with E-state index in [1.54, 1.807) is 12.1 Å². The molecule has 1 heterocycles. The van der Waals surface area contributed by atoms with Crippen LogP contribution in [0.25, 0.3) is 0 Å². The first-order valence-electron chi connectivity index (χ1n) is 5.74. The van der Waals surface area contributed by atoms with Crippen LogP contribution in [0.15, 0.2) is 12.1 Å². The van der Waals surface area contributed by atoms with Gasteiger partial charge in [-0.05, 0) is 25.1 Å². The highest BCUT2D eigenvalue weighted by Crippen LogP contribution is 2.38. The molecule has 1 aliphatic heterocycles. The molecular weight excluding hydrogens is 279 g/mol. The molecule has 0 saturated carbocycles. The number of hydrogen-bond acceptors (Lipinski definition) is 2. The Morgan fingerprint density at radius 3 is 2.53 bits per heavy atom. The molecule has 0 radical (unpaired) electrons. The summed E-state index contributed by atoms with van der Waals surface area (Å²) in [4.78, 5) is 2.22. The molecule has 1 atom stereocenters. The van der Waals surface area contributed by atoms with Crippen molar-refractivity contribution in [2.24, 2.45) is 0 Å². The molecule has 1 saturated heterocycles. The Bertz CT molecular complexity index is 386. The molecule has 1 aromatic rings. The molecule has 1 fully saturated rings. The summed E-state index contributed by atoms with van der Waals surface area (Å²) < 4.78 is 0. The van der Waals surface area contributed by atoms with Crippen molar-refractivity contribution in [3.05, 3.63) is 27.2 Å². The SMILES string of the molecule is CCNC1CCN(c2c(Cl)cc(Cl)cc2Cl)C1. The van der Waals surface area contributed by atoms with E-state index < -0.39 is 0 Å². The minimum atomic E-state index is 0.516. The van der Waals surface area contributed by atoms with E-state index >= 15 is 0 Å². The third-order valence-corrected chi connectivity index (χ3v) is 3.77. The third kappa shape index (κ3) is 3.00. The summed E-state index contributed by atoms with van der Waals surface area (Å²) in [6.07, 6.45) is 1.11. The fourth-order valence-electron chi connectivity index (χ4n) is 2.26. The Labute approximate surface area is 117 Å². The average Bonchev–Trinajstić information content (AvgIpc) is 2.65. The zero-order valence-electron chi connectivity index (χ0n) is 9.64. The van der Waals surface area contributed by atoms with Crippen molar-refractivity contribution in [3.8, 4) is 0 Å². The second kappa shape index (κ2) is 5.66. The predicted molar refractivity (Wildman–Crippen MR) is 75.8 cm³/mol. The number of anilines is 1. The lowest BCUT2D eigenvalue weighted by molar-refractivity contribution is 0.572. The first-order chi connectivity index (χ1) is 8.11. The maximum Gasteiger partial charge on any atom is 0.0746 e. The van der Waals surface area contributed by atoms with Gasteiger partial charge < -0.3 is 10.2 Å². The molecule has 1 N–H and O–H groups in total. The zero-order chi connectivity index (χ0) is 12.4. The minimum absolute atomic E-state index is 0.516. The monoisotopic (exact) mass is 292 g/mol. The molecule has 0 bridgehead atoms. The van der Waals surface area contributed by atoms with Gasteiger partial charge in [-0.25, -0.2) is 0 Å². The van der Waals surface area contributed by atoms with Crippen LogP contribution in [0.3, 0.4) is 0 Å². The van der Waals surface area contributed by atoms with Gasteiger partial charge in [0.15, 0.2) is 0 Å². The summed E-state index contributed by atoms with van der Waals surface area (Å²) in [7, 11) is 0. The fourth-order valence-corrected chi connectivity index (χ4v) is 3.31. The molecule has 0 aliphatic carbocycles. The van der Waals surface area contributed by atoms with Crippen molar-refractivity contribution in [1.82, 2.24) is 5.32 Å². The van der Waals surface area contributed by atoms with E-state index in [2.05, 4.69) is 17.1 Å². The van der Waals surface area contributed by atoms with Crippen molar-refractivity contribution in [3.63, 3.8) is 0 Å². The maximum atomic E-state index is 6.21. The van der Waals surface area contributed by atoms with Gasteiger partial charge in [-0.3, -0.25) is 0 Å². The van der Waals surface area contributed by atoms with E-state index in [0.717, 1.165) is 31.7 Å². The molecule has 2 nitrogen and oxygen atoms in total. The van der Waals surface area contributed by atoms with E-state index in [9.17, 15) is 0 Å². The first-order valence-corrected chi connectivity index (χ1v) is 6.88. The van der Waals surface area contributed by atoms with Gasteiger partial charge in [0, 0.05) is 24.2 Å². The van der Waals surface area contributed by atoms with Crippen molar-refractivity contribution >= 4 is 40.5 Å². The highest BCUT2D eigenvalue weighted by atomic mass is 35.5. The minimum Gasteiger partial charge on any atom is -0.367 e. The average molecular weight is 294 g/mol. The van der Waals surface area contributed by atoms with Gasteiger partial charge >= 0.3 is 0 Å². The lowest BCUT2D eigenvalue weighted by Gasteiger charge is -2.21. The van der Waals surface area contributed by atoms with Crippen LogP contribution in [0.5, 0.6) is 0 Å². The van der Waals surface area contributed by atoms with Crippen LogP contribution < -0.4 is 10.2 Å². The molecule has 2 rings (SSSR count). The molecule has 1 aliphatic rings. The van der Waals surface area contributed by atoms with Crippen molar-refractivity contribution in [2.45, 2.75) is 19.4 Å². The number of rotatable bonds is 3. The lowest BCUT2D eigenvalue weighted by Crippen LogP contribution is -2.32. The number of nitrogens with one attached hydrogen (secondary N) is 1. The molecule has 1 aromatic carbocycles. The molecule has 0 spiro atoms. The van der Waals surface area contributed by atoms with Gasteiger partial charge in [-0.2, -0.15) is 0 Å². The second-order valence-electron chi connectivity index (χ2n) is 4.21. The van der Waals surface area contributed by atoms with Crippen molar-refractivity contribution in [2.75, 3.05) is 24.5 Å². The molecule has 0 amide bonds. The Kier molecular flexibility index (Phi) is 4.42. The van der Waals surface area contributed by atoms with Crippen molar-refractivity contribution in [1.29, 1.82) is 0 Å². The molecule has 5 heteroatoms. The number of hydrogen-bond donors (Lipinski definition) is 1. The summed E-state index contributed by atoms with van der Waals surface area (Å²) in [5, 5.41) is 5.27. The van der Waals surface area contributed by atoms with Gasteiger partial charge in [0.2, 0.25) is 0 Å². The third-order valence-electron chi connectivity index (χ3n) is 2.98. The van der Waals surface area contributed by atoms with Crippen LogP contribution in [0.4, 0.5) is 5.69 Å². The van der Waals surface area contributed by atoms with Gasteiger partial charge in [-0.1, -0.05) is 41.7 Å². The quantitative estimate of drug-likeness (QED) is 0.911. The highest BCUT2D eigenvalue weighted by molar-refractivity contribution is 6.41. The van der Waals surface area contributed by atoms with E-state index in [0.29, 0.717) is 21.1 Å². The Balaban J connectivity index is 2.19. The highest BCUT2D eigenvalue weighted by Gasteiger charge is 2.25. The lowest BCUT2D eigenvalue weighted by atomic mass is 10.2. The summed E-state index contributed by atoms with van der Waals surface area (Å²) in [5.41, 5.74) is 0.901. The summed E-state index contributed by atoms with van der Waals surface area (Å²) in [6.45, 7) is 5.01. The Morgan fingerprint density at radius 2 is 1.94 bits per heavy atom. The van der Waals surface area contributed by atoms with E-state index in [-0.39, 0.29) is 0 Å². The van der Waals surface area contributed by atoms with E-state index in [1.165, 1.54) is 0 Å². The molecule has 94 valence electrons. The maximum absolute atomic E-state index is 6.21. The Hall–Kier alpha value is -0.150. The van der Waals surface area contributed by atoms with Crippen LogP contribution in [0.1, 0.15) is 13.3 Å². The summed E-state index contributed by atoms with van der Waals surface area (Å²) in [5.74, 6) is 0. The standard InChI is InChI=1S/C12H15Cl3N2/c1-2-16-9-3-4-17(7-9)12-10(14)5-8(13)6-11(12)15/h5-6,9,16H,2-4,7H2,1H3. The van der Waals surface area contributed by atoms with Crippen LogP contribution >= 0.6 is 34.8 Å². The largest absolute Gasteiger partial charge is 0.367 e. The number of benzene rings is 1. The van der Waals surface area contributed by atoms with Crippen molar-refractivity contribution < 1.29 is 0 Å². The van der Waals surface area contributed by atoms with Crippen LogP contribution in [-0.2, 0) is 0 Å². The molecular formula is C12H15Cl3N2. The van der Waals surface area contributed by atoms with Gasteiger partial charge in [-0.15, -0.1) is 0 Å². The zero-order valence-corrected chi connectivity index (χ0v) is 11.9. The Morgan fingerprint density at radius 1 is 1.29 bits per heavy atom. The molecule has 1 unspecified atom stereocenters. The van der Waals surface area contributed by atoms with Gasteiger partial charge in [0.25, 0.3) is 0 Å². The fraction of sp³-hybridized carbons (Fsp3) is 0.500. The first kappa shape index (κ1) is 13.3. The molecule has 17 heavy (non-hydrogen) atoms. The van der Waals surface area contributed by atoms with E-state index in [1.807, 2.05) is 0 Å². The smallest absolute Gasteiger partial charge is 0.0746 e. The molecule has 0 aromatic heterocycles. The van der Waals surface area contributed by atoms with Crippen LogP contribution in [0.2, 0.25) is 15.1 Å². The van der Waals surface area contributed by atoms with Gasteiger partial charge in [0.1, 0.15) is 0 Å².